The van der Waals surface area contributed by atoms with E-state index < -0.39 is 17.4 Å². The Hall–Kier alpha value is -1.06. The van der Waals surface area contributed by atoms with Crippen LogP contribution in [-0.4, -0.2) is 22.2 Å². The van der Waals surface area contributed by atoms with Crippen molar-refractivity contribution < 1.29 is 19.8 Å². The first-order valence-electron chi connectivity index (χ1n) is 10.1. The van der Waals surface area contributed by atoms with E-state index in [0.29, 0.717) is 31.6 Å². The van der Waals surface area contributed by atoms with E-state index in [1.54, 1.807) is 0 Å². The summed E-state index contributed by atoms with van der Waals surface area (Å²) >= 11 is 0. The molecule has 0 amide bonds. The summed E-state index contributed by atoms with van der Waals surface area (Å²) in [4.78, 5) is 23.6. The van der Waals surface area contributed by atoms with Gasteiger partial charge in [0.05, 0.1) is 11.3 Å². The van der Waals surface area contributed by atoms with Gasteiger partial charge in [0.25, 0.3) is 0 Å². The molecule has 0 radical (unpaired) electrons. The van der Waals surface area contributed by atoms with Gasteiger partial charge >= 0.3 is 11.9 Å². The molecule has 0 spiro atoms. The number of carboxylic acid groups (broad SMARTS) is 2. The zero-order valence-corrected chi connectivity index (χ0v) is 16.6. The first-order chi connectivity index (χ1) is 11.7. The Kier molecular flexibility index (Phi) is 8.95. The van der Waals surface area contributed by atoms with E-state index in [1.807, 2.05) is 0 Å². The third-order valence-electron chi connectivity index (χ3n) is 5.92. The number of carboxylic acids is 2. The Bertz CT molecular complexity index is 430. The predicted octanol–water partition coefficient (Wildman–Crippen LogP) is 5.60. The summed E-state index contributed by atoms with van der Waals surface area (Å²) in [7, 11) is 0. The fourth-order valence-electron chi connectivity index (χ4n) is 4.60. The normalized spacial score (nSPS) is 27.0. The van der Waals surface area contributed by atoms with Gasteiger partial charge in [0, 0.05) is 0 Å². The first kappa shape index (κ1) is 22.0. The summed E-state index contributed by atoms with van der Waals surface area (Å²) in [6.07, 6.45) is 8.86. The Morgan fingerprint density at radius 3 is 2.16 bits per heavy atom. The lowest BCUT2D eigenvalue weighted by Gasteiger charge is -2.44. The van der Waals surface area contributed by atoms with Crippen LogP contribution in [0.15, 0.2) is 0 Å². The van der Waals surface area contributed by atoms with Gasteiger partial charge in [-0.15, -0.1) is 0 Å². The molecule has 146 valence electrons. The molecule has 0 heterocycles. The van der Waals surface area contributed by atoms with Crippen molar-refractivity contribution in [3.05, 3.63) is 0 Å². The van der Waals surface area contributed by atoms with Crippen LogP contribution in [0.3, 0.4) is 0 Å². The summed E-state index contributed by atoms with van der Waals surface area (Å²) < 4.78 is 0. The maximum absolute atomic E-state index is 12.2. The largest absolute Gasteiger partial charge is 0.481 e. The van der Waals surface area contributed by atoms with Crippen LogP contribution in [0, 0.1) is 29.1 Å². The van der Waals surface area contributed by atoms with Crippen molar-refractivity contribution in [2.75, 3.05) is 0 Å². The van der Waals surface area contributed by atoms with E-state index in [1.165, 1.54) is 19.3 Å². The molecule has 1 aliphatic carbocycles. The summed E-state index contributed by atoms with van der Waals surface area (Å²) in [6.45, 7) is 8.61. The van der Waals surface area contributed by atoms with Crippen molar-refractivity contribution in [1.82, 2.24) is 0 Å². The van der Waals surface area contributed by atoms with Crippen molar-refractivity contribution in [1.29, 1.82) is 0 Å². The lowest BCUT2D eigenvalue weighted by Crippen LogP contribution is -2.45. The molecular weight excluding hydrogens is 316 g/mol. The van der Waals surface area contributed by atoms with Gasteiger partial charge in [-0.2, -0.15) is 0 Å². The lowest BCUT2D eigenvalue weighted by molar-refractivity contribution is -0.162. The minimum atomic E-state index is -0.759. The molecule has 3 atom stereocenters. The Morgan fingerprint density at radius 1 is 1.00 bits per heavy atom. The van der Waals surface area contributed by atoms with E-state index >= 15 is 0 Å². The number of unbranched alkanes of at least 4 members (excludes halogenated alkanes) is 3. The van der Waals surface area contributed by atoms with Gasteiger partial charge in [-0.3, -0.25) is 9.59 Å². The second-order valence-corrected chi connectivity index (χ2v) is 8.95. The van der Waals surface area contributed by atoms with Crippen molar-refractivity contribution in [2.24, 2.45) is 29.1 Å². The fraction of sp³-hybridized carbons (Fsp3) is 0.905. The molecule has 1 rings (SSSR count). The topological polar surface area (TPSA) is 74.6 Å². The van der Waals surface area contributed by atoms with Crippen LogP contribution in [-0.2, 0) is 9.59 Å². The van der Waals surface area contributed by atoms with E-state index in [0.717, 1.165) is 25.2 Å². The van der Waals surface area contributed by atoms with Gasteiger partial charge in [-0.05, 0) is 49.9 Å². The average molecular weight is 355 g/mol. The average Bonchev–Trinajstić information content (AvgIpc) is 2.50. The summed E-state index contributed by atoms with van der Waals surface area (Å²) in [6, 6.07) is 0. The van der Waals surface area contributed by atoms with Crippen LogP contribution in [0.25, 0.3) is 0 Å². The van der Waals surface area contributed by atoms with Crippen molar-refractivity contribution in [2.45, 2.75) is 91.9 Å². The second-order valence-electron chi connectivity index (χ2n) is 8.95. The smallest absolute Gasteiger partial charge is 0.309 e. The third-order valence-corrected chi connectivity index (χ3v) is 5.92. The molecule has 1 fully saturated rings. The Morgan fingerprint density at radius 2 is 1.64 bits per heavy atom. The molecule has 0 aliphatic heterocycles. The van der Waals surface area contributed by atoms with E-state index in [2.05, 4.69) is 27.7 Å². The zero-order valence-electron chi connectivity index (χ0n) is 16.6. The highest BCUT2D eigenvalue weighted by Gasteiger charge is 2.50. The highest BCUT2D eigenvalue weighted by Crippen LogP contribution is 2.50. The molecule has 0 aromatic heterocycles. The van der Waals surface area contributed by atoms with Crippen LogP contribution in [0.5, 0.6) is 0 Å². The van der Waals surface area contributed by atoms with Crippen molar-refractivity contribution in [3.8, 4) is 0 Å². The molecule has 1 aliphatic rings. The minimum absolute atomic E-state index is 0.00708. The van der Waals surface area contributed by atoms with Gasteiger partial charge in [0.1, 0.15) is 0 Å². The Labute approximate surface area is 153 Å². The molecule has 0 bridgehead atoms. The second kappa shape index (κ2) is 10.2. The number of hydrogen-bond acceptors (Lipinski definition) is 2. The maximum atomic E-state index is 12.2. The van der Waals surface area contributed by atoms with Gasteiger partial charge in [0.15, 0.2) is 0 Å². The third kappa shape index (κ3) is 6.63. The maximum Gasteiger partial charge on any atom is 0.309 e. The molecular formula is C21H38O4. The van der Waals surface area contributed by atoms with Gasteiger partial charge in [-0.1, -0.05) is 59.8 Å². The van der Waals surface area contributed by atoms with Gasteiger partial charge in [-0.25, -0.2) is 0 Å². The highest BCUT2D eigenvalue weighted by molar-refractivity contribution is 5.76. The minimum Gasteiger partial charge on any atom is -0.481 e. The molecule has 25 heavy (non-hydrogen) atoms. The Balaban J connectivity index is 2.70. The molecule has 1 saturated carbocycles. The highest BCUT2D eigenvalue weighted by atomic mass is 16.4. The molecule has 2 N–H and O–H groups in total. The standard InChI is InChI=1S/C21H38O4/c1-15(2)9-7-5-6-8-10-18-13-17(19(22)23)11-12-21(18,20(24)25)14-16(3)4/h15-18H,5-14H2,1-4H3,(H,22,23)(H,24,25). The molecule has 3 unspecified atom stereocenters. The lowest BCUT2D eigenvalue weighted by atomic mass is 9.59. The van der Waals surface area contributed by atoms with Crippen LogP contribution in [0.1, 0.15) is 91.9 Å². The van der Waals surface area contributed by atoms with E-state index in [9.17, 15) is 19.8 Å². The quantitative estimate of drug-likeness (QED) is 0.473. The van der Waals surface area contributed by atoms with Gasteiger partial charge < -0.3 is 10.2 Å². The van der Waals surface area contributed by atoms with Crippen molar-refractivity contribution in [3.63, 3.8) is 0 Å². The molecule has 4 heteroatoms. The molecule has 4 nitrogen and oxygen atoms in total. The number of rotatable bonds is 11. The van der Waals surface area contributed by atoms with Crippen molar-refractivity contribution >= 4 is 11.9 Å². The summed E-state index contributed by atoms with van der Waals surface area (Å²) in [5, 5.41) is 19.4. The van der Waals surface area contributed by atoms with Gasteiger partial charge in [0.2, 0.25) is 0 Å². The molecule has 0 saturated heterocycles. The number of carbonyl (C=O) groups is 2. The monoisotopic (exact) mass is 354 g/mol. The molecule has 0 aromatic rings. The van der Waals surface area contributed by atoms with E-state index in [-0.39, 0.29) is 11.8 Å². The predicted molar refractivity (Wildman–Crippen MR) is 101 cm³/mol. The van der Waals surface area contributed by atoms with Crippen LogP contribution in [0.4, 0.5) is 0 Å². The van der Waals surface area contributed by atoms with Crippen LogP contribution >= 0.6 is 0 Å². The number of hydrogen-bond donors (Lipinski definition) is 2. The summed E-state index contributed by atoms with van der Waals surface area (Å²) in [5.41, 5.74) is -0.724. The van der Waals surface area contributed by atoms with E-state index in [4.69, 9.17) is 0 Å². The van der Waals surface area contributed by atoms with Crippen LogP contribution < -0.4 is 0 Å². The number of aliphatic carboxylic acids is 2. The molecule has 0 aromatic carbocycles. The SMILES string of the molecule is CC(C)CCCCCCC1CC(C(=O)O)CCC1(CC(C)C)C(=O)O. The summed E-state index contributed by atoms with van der Waals surface area (Å²) in [5.74, 6) is -0.801. The fourth-order valence-corrected chi connectivity index (χ4v) is 4.60. The van der Waals surface area contributed by atoms with Crippen LogP contribution in [0.2, 0.25) is 0 Å². The first-order valence-corrected chi connectivity index (χ1v) is 10.1. The zero-order chi connectivity index (χ0) is 19.0.